The summed E-state index contributed by atoms with van der Waals surface area (Å²) in [7, 11) is 0. The zero-order valence-corrected chi connectivity index (χ0v) is 9.86. The zero-order chi connectivity index (χ0) is 12.5. The molecule has 0 saturated carbocycles. The second-order valence-electron chi connectivity index (χ2n) is 4.49. The molecule has 2 aromatic carbocycles. The molecule has 0 amide bonds. The number of benzene rings is 2. The van der Waals surface area contributed by atoms with Crippen LogP contribution in [0.15, 0.2) is 48.5 Å². The van der Waals surface area contributed by atoms with Crippen molar-refractivity contribution >= 4 is 5.84 Å². The van der Waals surface area contributed by atoms with Gasteiger partial charge in [-0.15, -0.1) is 0 Å². The van der Waals surface area contributed by atoms with E-state index < -0.39 is 0 Å². The van der Waals surface area contributed by atoms with Crippen molar-refractivity contribution in [3.05, 3.63) is 71.0 Å². The molecule has 0 aliphatic carbocycles. The lowest BCUT2D eigenvalue weighted by Crippen LogP contribution is -2.23. The van der Waals surface area contributed by atoms with Gasteiger partial charge in [-0.1, -0.05) is 36.4 Å². The largest absolute Gasteiger partial charge is 0.348 e. The second-order valence-corrected chi connectivity index (χ2v) is 4.49. The van der Waals surface area contributed by atoms with Crippen molar-refractivity contribution in [3.8, 4) is 0 Å². The van der Waals surface area contributed by atoms with Crippen LogP contribution in [0.2, 0.25) is 0 Å². The second kappa shape index (κ2) is 4.26. The summed E-state index contributed by atoms with van der Waals surface area (Å²) >= 11 is 0. The van der Waals surface area contributed by atoms with E-state index in [4.69, 9.17) is 5.41 Å². The molecule has 2 nitrogen and oxygen atoms in total. The number of hydrogen-bond donors (Lipinski definition) is 1. The highest BCUT2D eigenvalue weighted by Gasteiger charge is 2.23. The topological polar surface area (TPSA) is 27.1 Å². The van der Waals surface area contributed by atoms with Crippen LogP contribution in [0.4, 0.5) is 4.39 Å². The SMILES string of the molecule is N=C1c2ccccc2CN1Cc1cccc(F)c1. The molecule has 90 valence electrons. The fourth-order valence-corrected chi connectivity index (χ4v) is 2.33. The van der Waals surface area contributed by atoms with Crippen molar-refractivity contribution in [1.82, 2.24) is 4.90 Å². The van der Waals surface area contributed by atoms with Gasteiger partial charge in [0.15, 0.2) is 0 Å². The quantitative estimate of drug-likeness (QED) is 0.857. The number of nitrogens with zero attached hydrogens (tertiary/aromatic N) is 1. The van der Waals surface area contributed by atoms with Gasteiger partial charge >= 0.3 is 0 Å². The van der Waals surface area contributed by atoms with E-state index in [2.05, 4.69) is 0 Å². The fourth-order valence-electron chi connectivity index (χ4n) is 2.33. The van der Waals surface area contributed by atoms with Crippen LogP contribution in [0.1, 0.15) is 16.7 Å². The maximum absolute atomic E-state index is 13.1. The third-order valence-electron chi connectivity index (χ3n) is 3.21. The molecule has 2 aromatic rings. The van der Waals surface area contributed by atoms with Gasteiger partial charge in [-0.25, -0.2) is 4.39 Å². The van der Waals surface area contributed by atoms with E-state index >= 15 is 0 Å². The molecular formula is C15H13FN2. The predicted octanol–water partition coefficient (Wildman–Crippen LogP) is 3.17. The highest BCUT2D eigenvalue weighted by molar-refractivity contribution is 6.00. The lowest BCUT2D eigenvalue weighted by molar-refractivity contribution is 0.421. The zero-order valence-electron chi connectivity index (χ0n) is 9.86. The molecule has 0 atom stereocenters. The highest BCUT2D eigenvalue weighted by Crippen LogP contribution is 2.23. The maximum atomic E-state index is 13.1. The first-order chi connectivity index (χ1) is 8.74. The molecule has 0 bridgehead atoms. The standard InChI is InChI=1S/C15H13FN2/c16-13-6-3-4-11(8-13)9-18-10-12-5-1-2-7-14(12)15(18)17/h1-8,17H,9-10H2. The van der Waals surface area contributed by atoms with Gasteiger partial charge in [-0.3, -0.25) is 5.41 Å². The molecule has 0 aromatic heterocycles. The number of amidine groups is 1. The molecule has 0 unspecified atom stereocenters. The average Bonchev–Trinajstić information content (AvgIpc) is 2.67. The minimum atomic E-state index is -0.226. The van der Waals surface area contributed by atoms with Crippen molar-refractivity contribution in [2.24, 2.45) is 0 Å². The maximum Gasteiger partial charge on any atom is 0.129 e. The molecule has 1 aliphatic rings. The Labute approximate surface area is 105 Å². The lowest BCUT2D eigenvalue weighted by atomic mass is 10.1. The molecule has 1 N–H and O–H groups in total. The Balaban J connectivity index is 1.83. The minimum absolute atomic E-state index is 0.226. The molecule has 1 aliphatic heterocycles. The van der Waals surface area contributed by atoms with Crippen LogP contribution in [0.5, 0.6) is 0 Å². The monoisotopic (exact) mass is 240 g/mol. The summed E-state index contributed by atoms with van der Waals surface area (Å²) in [5.74, 6) is 0.297. The van der Waals surface area contributed by atoms with Gasteiger partial charge in [-0.2, -0.15) is 0 Å². The first-order valence-corrected chi connectivity index (χ1v) is 5.90. The summed E-state index contributed by atoms with van der Waals surface area (Å²) in [6.07, 6.45) is 0. The van der Waals surface area contributed by atoms with Crippen LogP contribution in [0.25, 0.3) is 0 Å². The van der Waals surface area contributed by atoms with E-state index in [1.54, 1.807) is 6.07 Å². The average molecular weight is 240 g/mol. The Morgan fingerprint density at radius 3 is 2.72 bits per heavy atom. The van der Waals surface area contributed by atoms with E-state index in [0.717, 1.165) is 17.7 Å². The summed E-state index contributed by atoms with van der Waals surface area (Å²) < 4.78 is 13.1. The van der Waals surface area contributed by atoms with Crippen LogP contribution < -0.4 is 0 Å². The Kier molecular flexibility index (Phi) is 2.59. The normalized spacial score (nSPS) is 13.8. The Morgan fingerprint density at radius 2 is 1.94 bits per heavy atom. The summed E-state index contributed by atoms with van der Waals surface area (Å²) in [6, 6.07) is 14.5. The van der Waals surface area contributed by atoms with Crippen molar-refractivity contribution in [2.75, 3.05) is 0 Å². The van der Waals surface area contributed by atoms with Gasteiger partial charge in [0.1, 0.15) is 11.7 Å². The molecule has 1 heterocycles. The third kappa shape index (κ3) is 1.88. The van der Waals surface area contributed by atoms with Gasteiger partial charge < -0.3 is 4.90 Å². The smallest absolute Gasteiger partial charge is 0.129 e. The number of rotatable bonds is 2. The van der Waals surface area contributed by atoms with Crippen LogP contribution >= 0.6 is 0 Å². The predicted molar refractivity (Wildman–Crippen MR) is 68.9 cm³/mol. The highest BCUT2D eigenvalue weighted by atomic mass is 19.1. The van der Waals surface area contributed by atoms with E-state index in [1.165, 1.54) is 17.7 Å². The van der Waals surface area contributed by atoms with E-state index in [-0.39, 0.29) is 5.82 Å². The Hall–Kier alpha value is -2.16. The van der Waals surface area contributed by atoms with Gasteiger partial charge in [0.05, 0.1) is 0 Å². The van der Waals surface area contributed by atoms with Crippen LogP contribution in [-0.2, 0) is 13.1 Å². The minimum Gasteiger partial charge on any atom is -0.348 e. The Morgan fingerprint density at radius 1 is 1.11 bits per heavy atom. The molecule has 0 saturated heterocycles. The molecule has 0 spiro atoms. The Bertz CT molecular complexity index is 607. The summed E-state index contributed by atoms with van der Waals surface area (Å²) in [5.41, 5.74) is 3.04. The van der Waals surface area contributed by atoms with Gasteiger partial charge in [-0.05, 0) is 23.3 Å². The summed E-state index contributed by atoms with van der Waals surface area (Å²) in [5, 5.41) is 8.12. The fraction of sp³-hybridized carbons (Fsp3) is 0.133. The number of nitrogens with one attached hydrogen (secondary N) is 1. The van der Waals surface area contributed by atoms with E-state index in [0.29, 0.717) is 12.4 Å². The summed E-state index contributed by atoms with van der Waals surface area (Å²) in [6.45, 7) is 1.30. The van der Waals surface area contributed by atoms with Crippen molar-refractivity contribution in [1.29, 1.82) is 5.41 Å². The van der Waals surface area contributed by atoms with Crippen molar-refractivity contribution in [3.63, 3.8) is 0 Å². The van der Waals surface area contributed by atoms with E-state index in [1.807, 2.05) is 35.2 Å². The van der Waals surface area contributed by atoms with Gasteiger partial charge in [0.25, 0.3) is 0 Å². The molecule has 3 heteroatoms. The number of hydrogen-bond acceptors (Lipinski definition) is 1. The van der Waals surface area contributed by atoms with Gasteiger partial charge in [0.2, 0.25) is 0 Å². The van der Waals surface area contributed by atoms with Crippen LogP contribution in [0.3, 0.4) is 0 Å². The van der Waals surface area contributed by atoms with Crippen LogP contribution in [-0.4, -0.2) is 10.7 Å². The van der Waals surface area contributed by atoms with E-state index in [9.17, 15) is 4.39 Å². The summed E-state index contributed by atoms with van der Waals surface area (Å²) in [4.78, 5) is 1.96. The molecule has 18 heavy (non-hydrogen) atoms. The van der Waals surface area contributed by atoms with Crippen molar-refractivity contribution in [2.45, 2.75) is 13.1 Å². The molecule has 3 rings (SSSR count). The molecule has 0 radical (unpaired) electrons. The lowest BCUT2D eigenvalue weighted by Gasteiger charge is -2.17. The number of halogens is 1. The third-order valence-corrected chi connectivity index (χ3v) is 3.21. The molecule has 0 fully saturated rings. The first-order valence-electron chi connectivity index (χ1n) is 5.90. The van der Waals surface area contributed by atoms with Crippen LogP contribution in [0, 0.1) is 11.2 Å². The van der Waals surface area contributed by atoms with Gasteiger partial charge in [0, 0.05) is 18.7 Å². The van der Waals surface area contributed by atoms with Crippen molar-refractivity contribution < 1.29 is 4.39 Å². The number of fused-ring (bicyclic) bond motifs is 1. The molecular weight excluding hydrogens is 227 g/mol. The first kappa shape index (κ1) is 11.0.